The first kappa shape index (κ1) is 21.1. The number of amides is 3. The van der Waals surface area contributed by atoms with Crippen molar-refractivity contribution in [3.8, 4) is 0 Å². The number of anilines is 1. The minimum absolute atomic E-state index is 0.00194. The number of allylic oxidation sites excluding steroid dienone is 2. The fraction of sp³-hybridized carbons (Fsp3) is 0.429. The van der Waals surface area contributed by atoms with Crippen LogP contribution in [0.4, 0.5) is 18.9 Å². The fourth-order valence-electron chi connectivity index (χ4n) is 4.64. The normalized spacial score (nSPS) is 27.4. The van der Waals surface area contributed by atoms with Gasteiger partial charge < -0.3 is 10.1 Å². The highest BCUT2D eigenvalue weighted by Crippen LogP contribution is 2.52. The number of ether oxygens (including phenoxy) is 1. The lowest BCUT2D eigenvalue weighted by molar-refractivity contribution is -0.159. The second kappa shape index (κ2) is 7.51. The van der Waals surface area contributed by atoms with Gasteiger partial charge >= 0.3 is 12.1 Å². The average molecular weight is 436 g/mol. The zero-order valence-corrected chi connectivity index (χ0v) is 16.4. The molecule has 4 rings (SSSR count). The standard InChI is InChI=1S/C21H19F3N2O5/c1-10(26-18(28)16-11-5-6-12(7-11)17(16)19(26)29)20(30)31-9-15(27)25-14-4-2-3-13(8-14)21(22,23)24/h2-6,8,10-12,16-17H,7,9H2,1H3,(H,25,27)/t10-,11+,12+,16-,17+/m1/s1. The van der Waals surface area contributed by atoms with Crippen LogP contribution in [0, 0.1) is 23.7 Å². The zero-order valence-electron chi connectivity index (χ0n) is 16.4. The molecule has 3 amide bonds. The van der Waals surface area contributed by atoms with Crippen molar-refractivity contribution in [2.45, 2.75) is 25.6 Å². The Balaban J connectivity index is 1.33. The van der Waals surface area contributed by atoms with E-state index < -0.39 is 59.9 Å². The van der Waals surface area contributed by atoms with E-state index in [-0.39, 0.29) is 17.5 Å². The number of benzene rings is 1. The van der Waals surface area contributed by atoms with Gasteiger partial charge in [-0.2, -0.15) is 13.2 Å². The zero-order chi connectivity index (χ0) is 22.5. The maximum absolute atomic E-state index is 12.8. The topological polar surface area (TPSA) is 92.8 Å². The molecule has 2 bridgehead atoms. The summed E-state index contributed by atoms with van der Waals surface area (Å²) in [5.74, 6) is -3.53. The molecule has 10 heteroatoms. The molecule has 0 spiro atoms. The highest BCUT2D eigenvalue weighted by molar-refractivity contribution is 6.09. The number of carbonyl (C=O) groups excluding carboxylic acids is 4. The van der Waals surface area contributed by atoms with Crippen molar-refractivity contribution < 1.29 is 37.1 Å². The maximum Gasteiger partial charge on any atom is 0.416 e. The molecule has 1 saturated heterocycles. The van der Waals surface area contributed by atoms with E-state index in [1.807, 2.05) is 12.2 Å². The van der Waals surface area contributed by atoms with Crippen LogP contribution in [0.15, 0.2) is 36.4 Å². The van der Waals surface area contributed by atoms with Gasteiger partial charge in [0.15, 0.2) is 6.61 Å². The number of hydrogen-bond acceptors (Lipinski definition) is 5. The third-order valence-electron chi connectivity index (χ3n) is 6.05. The van der Waals surface area contributed by atoms with Crippen LogP contribution in [0.2, 0.25) is 0 Å². The predicted molar refractivity (Wildman–Crippen MR) is 100 cm³/mol. The molecule has 0 unspecified atom stereocenters. The first-order valence-electron chi connectivity index (χ1n) is 9.77. The summed E-state index contributed by atoms with van der Waals surface area (Å²) in [5, 5.41) is 2.22. The summed E-state index contributed by atoms with van der Waals surface area (Å²) in [4.78, 5) is 50.7. The molecule has 1 aliphatic heterocycles. The molecule has 2 aliphatic carbocycles. The predicted octanol–water partition coefficient (Wildman–Crippen LogP) is 2.38. The maximum atomic E-state index is 12.8. The quantitative estimate of drug-likeness (QED) is 0.435. The first-order valence-corrected chi connectivity index (χ1v) is 9.77. The highest BCUT2D eigenvalue weighted by atomic mass is 19.4. The smallest absolute Gasteiger partial charge is 0.416 e. The van der Waals surface area contributed by atoms with Crippen LogP contribution in [0.5, 0.6) is 0 Å². The van der Waals surface area contributed by atoms with Crippen LogP contribution in [0.25, 0.3) is 0 Å². The Hall–Kier alpha value is -3.17. The van der Waals surface area contributed by atoms with Crippen LogP contribution in [-0.4, -0.2) is 41.2 Å². The second-order valence-electron chi connectivity index (χ2n) is 7.96. The van der Waals surface area contributed by atoms with E-state index in [9.17, 15) is 32.3 Å². The van der Waals surface area contributed by atoms with E-state index in [2.05, 4.69) is 5.32 Å². The number of hydrogen-bond donors (Lipinski definition) is 1. The molecular weight excluding hydrogens is 417 g/mol. The Morgan fingerprint density at radius 2 is 1.77 bits per heavy atom. The molecule has 1 aromatic carbocycles. The van der Waals surface area contributed by atoms with Gasteiger partial charge in [-0.25, -0.2) is 4.79 Å². The van der Waals surface area contributed by atoms with Gasteiger partial charge in [0.05, 0.1) is 17.4 Å². The van der Waals surface area contributed by atoms with E-state index in [4.69, 9.17) is 4.74 Å². The fourth-order valence-corrected chi connectivity index (χ4v) is 4.64. The SMILES string of the molecule is C[C@H](C(=O)OCC(=O)Nc1cccc(C(F)(F)F)c1)N1C(=O)[C@@H]2[C@H](C1=O)[C@H]1C=C[C@H]2C1. The molecule has 1 aromatic rings. The summed E-state index contributed by atoms with van der Waals surface area (Å²) in [5.41, 5.74) is -1.04. The number of fused-ring (bicyclic) bond motifs is 5. The van der Waals surface area contributed by atoms with Gasteiger partial charge in [-0.3, -0.25) is 19.3 Å². The lowest BCUT2D eigenvalue weighted by atomic mass is 9.85. The van der Waals surface area contributed by atoms with Crippen LogP contribution in [0.1, 0.15) is 18.9 Å². The molecule has 5 atom stereocenters. The van der Waals surface area contributed by atoms with Crippen molar-refractivity contribution in [2.24, 2.45) is 23.7 Å². The molecule has 31 heavy (non-hydrogen) atoms. The average Bonchev–Trinajstić information content (AvgIpc) is 3.39. The third-order valence-corrected chi connectivity index (χ3v) is 6.05. The van der Waals surface area contributed by atoms with Crippen molar-refractivity contribution >= 4 is 29.4 Å². The van der Waals surface area contributed by atoms with Gasteiger partial charge in [-0.05, 0) is 43.4 Å². The third kappa shape index (κ3) is 3.70. The summed E-state index contributed by atoms with van der Waals surface area (Å²) in [6.45, 7) is 0.578. The van der Waals surface area contributed by atoms with E-state index in [0.29, 0.717) is 0 Å². The molecule has 2 fully saturated rings. The van der Waals surface area contributed by atoms with E-state index in [1.54, 1.807) is 0 Å². The van der Waals surface area contributed by atoms with Crippen LogP contribution in [-0.2, 0) is 30.1 Å². The molecule has 0 aromatic heterocycles. The summed E-state index contributed by atoms with van der Waals surface area (Å²) < 4.78 is 43.2. The van der Waals surface area contributed by atoms with Crippen molar-refractivity contribution in [1.29, 1.82) is 0 Å². The lowest BCUT2D eigenvalue weighted by Crippen LogP contribution is -2.45. The van der Waals surface area contributed by atoms with Crippen molar-refractivity contribution in [1.82, 2.24) is 4.90 Å². The summed E-state index contributed by atoms with van der Waals surface area (Å²) in [6.07, 6.45) is 0.0587. The molecule has 7 nitrogen and oxygen atoms in total. The number of alkyl halides is 3. The lowest BCUT2D eigenvalue weighted by Gasteiger charge is -2.23. The summed E-state index contributed by atoms with van der Waals surface area (Å²) in [6, 6.07) is 2.81. The summed E-state index contributed by atoms with van der Waals surface area (Å²) >= 11 is 0. The van der Waals surface area contributed by atoms with Gasteiger partial charge in [0.1, 0.15) is 6.04 Å². The minimum Gasteiger partial charge on any atom is -0.454 e. The molecule has 3 aliphatic rings. The van der Waals surface area contributed by atoms with Gasteiger partial charge in [0.2, 0.25) is 11.8 Å². The van der Waals surface area contributed by atoms with Crippen molar-refractivity contribution in [3.63, 3.8) is 0 Å². The number of nitrogens with zero attached hydrogens (tertiary/aromatic N) is 1. The van der Waals surface area contributed by atoms with Crippen LogP contribution < -0.4 is 5.32 Å². The Morgan fingerprint density at radius 1 is 1.16 bits per heavy atom. The Labute approximate surface area is 175 Å². The number of nitrogens with one attached hydrogen (secondary N) is 1. The van der Waals surface area contributed by atoms with Gasteiger partial charge in [0, 0.05) is 5.69 Å². The number of esters is 1. The number of imide groups is 1. The largest absolute Gasteiger partial charge is 0.454 e. The Morgan fingerprint density at radius 3 is 2.35 bits per heavy atom. The molecular formula is C21H19F3N2O5. The molecule has 1 N–H and O–H groups in total. The number of likely N-dealkylation sites (tertiary alicyclic amines) is 1. The van der Waals surface area contributed by atoms with Crippen molar-refractivity contribution in [3.05, 3.63) is 42.0 Å². The van der Waals surface area contributed by atoms with E-state index in [1.165, 1.54) is 13.0 Å². The van der Waals surface area contributed by atoms with Gasteiger partial charge in [-0.15, -0.1) is 0 Å². The number of rotatable bonds is 5. The Kier molecular flexibility index (Phi) is 5.10. The number of halogens is 3. The van der Waals surface area contributed by atoms with Crippen LogP contribution in [0.3, 0.4) is 0 Å². The minimum atomic E-state index is -4.56. The van der Waals surface area contributed by atoms with E-state index in [0.717, 1.165) is 29.5 Å². The molecule has 1 saturated carbocycles. The van der Waals surface area contributed by atoms with Gasteiger partial charge in [0.25, 0.3) is 5.91 Å². The molecule has 1 heterocycles. The summed E-state index contributed by atoms with van der Waals surface area (Å²) in [7, 11) is 0. The van der Waals surface area contributed by atoms with E-state index >= 15 is 0 Å². The highest BCUT2D eigenvalue weighted by Gasteiger charge is 2.60. The van der Waals surface area contributed by atoms with Crippen LogP contribution >= 0.6 is 0 Å². The molecule has 0 radical (unpaired) electrons. The Bertz CT molecular complexity index is 959. The monoisotopic (exact) mass is 436 g/mol. The molecule has 164 valence electrons. The second-order valence-corrected chi connectivity index (χ2v) is 7.96. The first-order chi connectivity index (χ1) is 14.6. The number of carbonyl (C=O) groups is 4. The van der Waals surface area contributed by atoms with Crippen molar-refractivity contribution in [2.75, 3.05) is 11.9 Å². The van der Waals surface area contributed by atoms with Gasteiger partial charge in [-0.1, -0.05) is 18.2 Å².